The Morgan fingerprint density at radius 1 is 0.976 bits per heavy atom. The van der Waals surface area contributed by atoms with Gasteiger partial charge in [0.05, 0.1) is 30.9 Å². The number of amides is 2. The van der Waals surface area contributed by atoms with Crippen LogP contribution in [0.2, 0.25) is 0 Å². The van der Waals surface area contributed by atoms with Crippen molar-refractivity contribution in [2.45, 2.75) is 95.4 Å². The summed E-state index contributed by atoms with van der Waals surface area (Å²) in [5.41, 5.74) is 5.35. The van der Waals surface area contributed by atoms with Crippen LogP contribution in [0.25, 0.3) is 0 Å². The van der Waals surface area contributed by atoms with Gasteiger partial charge in [-0.3, -0.25) is 0 Å². The number of hydrogen-bond acceptors (Lipinski definition) is 6. The van der Waals surface area contributed by atoms with Crippen molar-refractivity contribution in [3.05, 3.63) is 70.9 Å². The molecule has 0 bridgehead atoms. The molecule has 8 nitrogen and oxygen atoms in total. The quantitative estimate of drug-likeness (QED) is 0.334. The van der Waals surface area contributed by atoms with E-state index < -0.39 is 0 Å². The van der Waals surface area contributed by atoms with Gasteiger partial charge in [-0.2, -0.15) is 0 Å². The Morgan fingerprint density at radius 3 is 2.37 bits per heavy atom. The van der Waals surface area contributed by atoms with Gasteiger partial charge in [0, 0.05) is 42.4 Å². The zero-order valence-corrected chi connectivity index (χ0v) is 24.0. The Labute approximate surface area is 241 Å². The van der Waals surface area contributed by atoms with Gasteiger partial charge in [0.15, 0.2) is 0 Å². The summed E-state index contributed by atoms with van der Waals surface area (Å²) in [4.78, 5) is 20.0. The van der Waals surface area contributed by atoms with Crippen molar-refractivity contribution in [1.82, 2.24) is 10.3 Å². The number of hydrogen-bond donors (Lipinski definition) is 2. The van der Waals surface area contributed by atoms with Crippen molar-refractivity contribution in [3.63, 3.8) is 0 Å². The summed E-state index contributed by atoms with van der Waals surface area (Å²) in [6.07, 6.45) is 8.91. The van der Waals surface area contributed by atoms with Crippen LogP contribution < -0.4 is 20.3 Å². The maximum atomic E-state index is 12.5. The number of aryl methyl sites for hydroxylation is 2. The van der Waals surface area contributed by atoms with E-state index in [-0.39, 0.29) is 24.1 Å². The van der Waals surface area contributed by atoms with E-state index in [0.29, 0.717) is 12.1 Å². The average Bonchev–Trinajstić information content (AvgIpc) is 3.42. The molecule has 216 valence electrons. The summed E-state index contributed by atoms with van der Waals surface area (Å²) in [6.45, 7) is 5.50. The van der Waals surface area contributed by atoms with Crippen molar-refractivity contribution in [2.24, 2.45) is 0 Å². The van der Waals surface area contributed by atoms with E-state index in [9.17, 15) is 4.79 Å². The summed E-state index contributed by atoms with van der Waals surface area (Å²) >= 11 is 0. The lowest BCUT2D eigenvalue weighted by Crippen LogP contribution is -2.42. The molecule has 1 saturated heterocycles. The molecular weight excluding hydrogens is 516 g/mol. The molecule has 3 heterocycles. The number of oxazole rings is 1. The van der Waals surface area contributed by atoms with E-state index in [4.69, 9.17) is 18.9 Å². The number of rotatable bonds is 7. The third kappa shape index (κ3) is 5.18. The highest BCUT2D eigenvalue weighted by Crippen LogP contribution is 2.55. The number of anilines is 2. The van der Waals surface area contributed by atoms with Crippen LogP contribution in [0.1, 0.15) is 91.8 Å². The number of nitrogens with one attached hydrogen (secondary N) is 2. The maximum Gasteiger partial charge on any atom is 0.319 e. The highest BCUT2D eigenvalue weighted by Gasteiger charge is 2.47. The molecule has 2 atom stereocenters. The minimum atomic E-state index is -0.132. The normalized spacial score (nSPS) is 23.0. The molecule has 0 radical (unpaired) electrons. The van der Waals surface area contributed by atoms with E-state index in [2.05, 4.69) is 45.9 Å². The van der Waals surface area contributed by atoms with E-state index in [1.54, 1.807) is 0 Å². The molecule has 2 unspecified atom stereocenters. The predicted molar refractivity (Wildman–Crippen MR) is 158 cm³/mol. The molecule has 2 aliphatic carbocycles. The summed E-state index contributed by atoms with van der Waals surface area (Å²) in [5.74, 6) is 2.49. The Balaban J connectivity index is 1.23. The van der Waals surface area contributed by atoms with Crippen LogP contribution in [0.3, 0.4) is 0 Å². The monoisotopic (exact) mass is 556 g/mol. The topological polar surface area (TPSA) is 88.9 Å². The number of carbonyl (C=O) groups is 1. The highest BCUT2D eigenvalue weighted by molar-refractivity contribution is 5.89. The second-order valence-electron chi connectivity index (χ2n) is 12.1. The lowest BCUT2D eigenvalue weighted by atomic mass is 9.86. The zero-order chi connectivity index (χ0) is 27.9. The number of fused-ring (bicyclic) bond motifs is 1. The molecule has 2 amide bonds. The molecule has 2 N–H and O–H groups in total. The number of benzene rings is 2. The minimum Gasteiger partial charge on any atom is -0.490 e. The van der Waals surface area contributed by atoms with Gasteiger partial charge in [-0.1, -0.05) is 18.2 Å². The number of carbonyl (C=O) groups excluding carboxylic acids is 1. The van der Waals surface area contributed by atoms with Crippen LogP contribution in [0, 0.1) is 13.8 Å². The summed E-state index contributed by atoms with van der Waals surface area (Å²) in [5, 5.41) is 6.07. The van der Waals surface area contributed by atoms with Crippen LogP contribution in [-0.4, -0.2) is 42.4 Å². The van der Waals surface area contributed by atoms with Crippen molar-refractivity contribution in [2.75, 3.05) is 23.4 Å². The summed E-state index contributed by atoms with van der Waals surface area (Å²) < 4.78 is 18.3. The van der Waals surface area contributed by atoms with Crippen LogP contribution in [0.15, 0.2) is 46.9 Å². The van der Waals surface area contributed by atoms with Crippen LogP contribution in [0.5, 0.6) is 5.75 Å². The molecular formula is C33H40N4O4. The van der Waals surface area contributed by atoms with Crippen LogP contribution in [0.4, 0.5) is 16.2 Å². The minimum absolute atomic E-state index is 0.0314. The molecule has 3 aromatic rings. The summed E-state index contributed by atoms with van der Waals surface area (Å²) in [7, 11) is 0. The Morgan fingerprint density at radius 2 is 1.73 bits per heavy atom. The molecule has 3 fully saturated rings. The molecule has 2 aromatic carbocycles. The zero-order valence-electron chi connectivity index (χ0n) is 24.0. The van der Waals surface area contributed by atoms with Crippen molar-refractivity contribution >= 4 is 17.4 Å². The van der Waals surface area contributed by atoms with Crippen molar-refractivity contribution in [1.29, 1.82) is 0 Å². The number of urea groups is 1. The van der Waals surface area contributed by atoms with Gasteiger partial charge in [-0.25, -0.2) is 9.78 Å². The molecule has 4 aliphatic rings. The standard InChI is InChI=1S/C33H40N4O4/c1-20-21(2)40-32(34-20)30-28-14-13-27(41-26-15-17-39-18-16-26)19-29(28)37(25-7-4-8-25)31(30)22-9-11-24(12-10-22)36-33(38)35-23-5-3-6-23/h9-14,19,23,25-26,30-31H,3-8,15-18H2,1-2H3,(H2,35,36,38). The molecule has 2 aliphatic heterocycles. The van der Waals surface area contributed by atoms with E-state index >= 15 is 0 Å². The lowest BCUT2D eigenvalue weighted by Gasteiger charge is -2.42. The smallest absolute Gasteiger partial charge is 0.319 e. The Bertz CT molecular complexity index is 1370. The molecule has 1 aromatic heterocycles. The first-order valence-electron chi connectivity index (χ1n) is 15.3. The molecule has 2 saturated carbocycles. The first kappa shape index (κ1) is 26.4. The fourth-order valence-electron chi connectivity index (χ4n) is 6.56. The van der Waals surface area contributed by atoms with Gasteiger partial charge < -0.3 is 29.4 Å². The fourth-order valence-corrected chi connectivity index (χ4v) is 6.56. The highest BCUT2D eigenvalue weighted by atomic mass is 16.5. The van der Waals surface area contributed by atoms with Crippen LogP contribution in [-0.2, 0) is 4.74 Å². The maximum absolute atomic E-state index is 12.5. The van der Waals surface area contributed by atoms with Gasteiger partial charge >= 0.3 is 6.03 Å². The van der Waals surface area contributed by atoms with Crippen LogP contribution >= 0.6 is 0 Å². The number of nitrogens with zero attached hydrogens (tertiary/aromatic N) is 2. The number of aromatic nitrogens is 1. The van der Waals surface area contributed by atoms with Gasteiger partial charge in [0.1, 0.15) is 17.6 Å². The third-order valence-electron chi connectivity index (χ3n) is 9.43. The van der Waals surface area contributed by atoms with Crippen molar-refractivity contribution < 1.29 is 18.7 Å². The second-order valence-corrected chi connectivity index (χ2v) is 12.1. The van der Waals surface area contributed by atoms with Crippen molar-refractivity contribution in [3.8, 4) is 5.75 Å². The summed E-state index contributed by atoms with van der Waals surface area (Å²) in [6, 6.07) is 15.5. The molecule has 8 heteroatoms. The van der Waals surface area contributed by atoms with Gasteiger partial charge in [0.25, 0.3) is 0 Å². The Kier molecular flexibility index (Phi) is 7.11. The predicted octanol–water partition coefficient (Wildman–Crippen LogP) is 6.77. The fraction of sp³-hybridized carbons (Fsp3) is 0.515. The average molecular weight is 557 g/mol. The molecule has 7 rings (SSSR count). The van der Waals surface area contributed by atoms with Gasteiger partial charge in [0.2, 0.25) is 5.89 Å². The second kappa shape index (κ2) is 11.0. The van der Waals surface area contributed by atoms with E-state index in [1.807, 2.05) is 26.0 Å². The van der Waals surface area contributed by atoms with Gasteiger partial charge in [-0.15, -0.1) is 0 Å². The SMILES string of the molecule is Cc1nc(C2c3ccc(OC4CCOCC4)cc3N(C3CCC3)C2c2ccc(NC(=O)NC3CCC3)cc2)oc1C. The first-order valence-corrected chi connectivity index (χ1v) is 15.3. The molecule has 0 spiro atoms. The third-order valence-corrected chi connectivity index (χ3v) is 9.43. The first-order chi connectivity index (χ1) is 20.0. The van der Waals surface area contributed by atoms with E-state index in [0.717, 1.165) is 67.7 Å². The van der Waals surface area contributed by atoms with E-state index in [1.165, 1.54) is 42.5 Å². The Hall–Kier alpha value is -3.52. The molecule has 41 heavy (non-hydrogen) atoms. The number of ether oxygens (including phenoxy) is 2. The largest absolute Gasteiger partial charge is 0.490 e. The lowest BCUT2D eigenvalue weighted by molar-refractivity contribution is 0.0256. The van der Waals surface area contributed by atoms with Gasteiger partial charge in [-0.05, 0) is 81.7 Å².